The van der Waals surface area contributed by atoms with Gasteiger partial charge in [0.05, 0.1) is 24.4 Å². The summed E-state index contributed by atoms with van der Waals surface area (Å²) in [5.74, 6) is -0.414. The normalized spacial score (nSPS) is 15.1. The van der Waals surface area contributed by atoms with Gasteiger partial charge in [-0.3, -0.25) is 0 Å². The molecule has 0 bridgehead atoms. The molecule has 38 heavy (non-hydrogen) atoms. The lowest BCUT2D eigenvalue weighted by molar-refractivity contribution is 0.0273. The topological polar surface area (TPSA) is 90.3 Å². The van der Waals surface area contributed by atoms with E-state index in [1.807, 2.05) is 81.4 Å². The summed E-state index contributed by atoms with van der Waals surface area (Å²) in [6.07, 6.45) is -0.306. The van der Waals surface area contributed by atoms with Gasteiger partial charge in [0.1, 0.15) is 17.3 Å². The zero-order valence-corrected chi connectivity index (χ0v) is 22.6. The third-order valence-electron chi connectivity index (χ3n) is 5.71. The molecule has 4 rings (SSSR count). The van der Waals surface area contributed by atoms with Crippen LogP contribution >= 0.6 is 11.6 Å². The molecule has 0 N–H and O–H groups in total. The summed E-state index contributed by atoms with van der Waals surface area (Å²) < 4.78 is 16.5. The minimum absolute atomic E-state index is 0.000359. The third kappa shape index (κ3) is 6.69. The van der Waals surface area contributed by atoms with E-state index < -0.39 is 23.8 Å². The van der Waals surface area contributed by atoms with Crippen LogP contribution in [-0.2, 0) is 9.47 Å². The average molecular weight is 536 g/mol. The standard InChI is InChI=1S/C29H30ClN3O5/c1-29(2,3)38-28(35)33-16-15-21(18-33)37-26-24(27(34)36-4)22(30)17-23(32-26)31-25(19-11-7-5-8-12-19)20-13-9-6-10-14-20/h5-14,17,21H,15-16,18H2,1-4H3. The third-order valence-corrected chi connectivity index (χ3v) is 6.01. The molecule has 1 saturated heterocycles. The van der Waals surface area contributed by atoms with Gasteiger partial charge in [-0.05, 0) is 20.8 Å². The van der Waals surface area contributed by atoms with Gasteiger partial charge in [-0.2, -0.15) is 4.98 Å². The quantitative estimate of drug-likeness (QED) is 0.281. The van der Waals surface area contributed by atoms with Gasteiger partial charge < -0.3 is 19.1 Å². The number of nitrogens with zero attached hydrogens (tertiary/aromatic N) is 3. The molecular weight excluding hydrogens is 506 g/mol. The molecule has 1 unspecified atom stereocenters. The van der Waals surface area contributed by atoms with Gasteiger partial charge in [0.15, 0.2) is 5.82 Å². The maximum atomic E-state index is 12.6. The van der Waals surface area contributed by atoms with Crippen LogP contribution in [0.25, 0.3) is 0 Å². The first kappa shape index (κ1) is 27.1. The van der Waals surface area contributed by atoms with Crippen molar-refractivity contribution in [3.8, 4) is 5.88 Å². The molecule has 198 valence electrons. The van der Waals surface area contributed by atoms with Crippen molar-refractivity contribution < 1.29 is 23.8 Å². The van der Waals surface area contributed by atoms with Gasteiger partial charge in [-0.15, -0.1) is 0 Å². The molecule has 0 radical (unpaired) electrons. The Morgan fingerprint density at radius 2 is 1.63 bits per heavy atom. The fourth-order valence-electron chi connectivity index (χ4n) is 3.99. The van der Waals surface area contributed by atoms with Crippen LogP contribution in [0.1, 0.15) is 48.7 Å². The van der Waals surface area contributed by atoms with Crippen LogP contribution in [0.5, 0.6) is 5.88 Å². The Bertz CT molecular complexity index is 1280. The number of aliphatic imine (C=N–C) groups is 1. The Labute approximate surface area is 227 Å². The maximum absolute atomic E-state index is 12.6. The molecule has 9 heteroatoms. The van der Waals surface area contributed by atoms with Crippen LogP contribution in [0.3, 0.4) is 0 Å². The van der Waals surface area contributed by atoms with Gasteiger partial charge in [0.25, 0.3) is 0 Å². The number of methoxy groups -OCH3 is 1. The number of carbonyl (C=O) groups excluding carboxylic acids is 2. The van der Waals surface area contributed by atoms with E-state index in [1.165, 1.54) is 13.2 Å². The van der Waals surface area contributed by atoms with Crippen molar-refractivity contribution in [2.75, 3.05) is 20.2 Å². The molecule has 1 aliphatic heterocycles. The first-order chi connectivity index (χ1) is 18.1. The number of hydrogen-bond donors (Lipinski definition) is 0. The zero-order chi connectivity index (χ0) is 27.3. The summed E-state index contributed by atoms with van der Waals surface area (Å²) in [5.41, 5.74) is 1.86. The van der Waals surface area contributed by atoms with Crippen LogP contribution in [0, 0.1) is 0 Å². The van der Waals surface area contributed by atoms with Gasteiger partial charge in [-0.25, -0.2) is 14.6 Å². The number of amides is 1. The first-order valence-corrected chi connectivity index (χ1v) is 12.7. The van der Waals surface area contributed by atoms with E-state index in [1.54, 1.807) is 4.90 Å². The van der Waals surface area contributed by atoms with Crippen molar-refractivity contribution in [2.24, 2.45) is 4.99 Å². The Hall–Kier alpha value is -3.91. The summed E-state index contributed by atoms with van der Waals surface area (Å²) in [6.45, 7) is 6.17. The molecule has 8 nitrogen and oxygen atoms in total. The molecule has 0 spiro atoms. The number of esters is 1. The highest BCUT2D eigenvalue weighted by Crippen LogP contribution is 2.32. The van der Waals surface area contributed by atoms with Crippen molar-refractivity contribution in [3.05, 3.63) is 88.4 Å². The first-order valence-electron chi connectivity index (χ1n) is 12.3. The highest BCUT2D eigenvalue weighted by atomic mass is 35.5. The van der Waals surface area contributed by atoms with Crippen LogP contribution in [0.15, 0.2) is 71.7 Å². The molecular formula is C29H30ClN3O5. The molecule has 1 amide bonds. The van der Waals surface area contributed by atoms with Crippen LogP contribution in [-0.4, -0.2) is 59.6 Å². The number of hydrogen-bond acceptors (Lipinski definition) is 7. The molecule has 1 fully saturated rings. The van der Waals surface area contributed by atoms with Crippen LogP contribution < -0.4 is 4.74 Å². The molecule has 1 atom stereocenters. The fourth-order valence-corrected chi connectivity index (χ4v) is 4.24. The molecule has 2 heterocycles. The maximum Gasteiger partial charge on any atom is 0.410 e. The SMILES string of the molecule is COC(=O)c1c(Cl)cc(N=C(c2ccccc2)c2ccccc2)nc1OC1CCN(C(=O)OC(C)(C)C)C1. The highest BCUT2D eigenvalue weighted by molar-refractivity contribution is 6.34. The van der Waals surface area contributed by atoms with Crippen LogP contribution in [0.2, 0.25) is 5.02 Å². The van der Waals surface area contributed by atoms with Crippen molar-refractivity contribution >= 4 is 35.2 Å². The van der Waals surface area contributed by atoms with E-state index in [0.717, 1.165) is 11.1 Å². The van der Waals surface area contributed by atoms with Gasteiger partial charge >= 0.3 is 12.1 Å². The number of halogens is 1. The Kier molecular flexibility index (Phi) is 8.32. The number of likely N-dealkylation sites (tertiary alicyclic amines) is 1. The summed E-state index contributed by atoms with van der Waals surface area (Å²) in [5, 5.41) is 0.100. The van der Waals surface area contributed by atoms with Gasteiger partial charge in [0.2, 0.25) is 5.88 Å². The predicted octanol–water partition coefficient (Wildman–Crippen LogP) is 6.08. The predicted molar refractivity (Wildman–Crippen MR) is 146 cm³/mol. The van der Waals surface area contributed by atoms with Crippen LogP contribution in [0.4, 0.5) is 10.6 Å². The Balaban J connectivity index is 1.69. The molecule has 1 aliphatic rings. The lowest BCUT2D eigenvalue weighted by Gasteiger charge is -2.24. The second-order valence-corrected chi connectivity index (χ2v) is 10.2. The average Bonchev–Trinajstić information content (AvgIpc) is 3.35. The monoisotopic (exact) mass is 535 g/mol. The summed E-state index contributed by atoms with van der Waals surface area (Å²) in [7, 11) is 1.26. The van der Waals surface area contributed by atoms with E-state index in [9.17, 15) is 9.59 Å². The van der Waals surface area contributed by atoms with E-state index >= 15 is 0 Å². The number of pyridine rings is 1. The smallest absolute Gasteiger partial charge is 0.410 e. The number of aromatic nitrogens is 1. The summed E-state index contributed by atoms with van der Waals surface area (Å²) in [6, 6.07) is 20.9. The largest absolute Gasteiger partial charge is 0.472 e. The van der Waals surface area contributed by atoms with Crippen molar-refractivity contribution in [2.45, 2.75) is 38.9 Å². The second-order valence-electron chi connectivity index (χ2n) is 9.78. The molecule has 3 aromatic rings. The second kappa shape index (κ2) is 11.6. The Morgan fingerprint density at radius 1 is 1.03 bits per heavy atom. The van der Waals surface area contributed by atoms with E-state index in [0.29, 0.717) is 18.7 Å². The van der Waals surface area contributed by atoms with Gasteiger partial charge in [0, 0.05) is 30.2 Å². The number of carbonyl (C=O) groups is 2. The summed E-state index contributed by atoms with van der Waals surface area (Å²) in [4.78, 5) is 36.0. The van der Waals surface area contributed by atoms with E-state index in [4.69, 9.17) is 30.8 Å². The molecule has 0 aliphatic carbocycles. The zero-order valence-electron chi connectivity index (χ0n) is 21.8. The minimum Gasteiger partial charge on any atom is -0.472 e. The molecule has 0 saturated carbocycles. The minimum atomic E-state index is -0.679. The number of rotatable bonds is 6. The van der Waals surface area contributed by atoms with Gasteiger partial charge in [-0.1, -0.05) is 72.3 Å². The highest BCUT2D eigenvalue weighted by Gasteiger charge is 2.33. The lowest BCUT2D eigenvalue weighted by Crippen LogP contribution is -2.36. The molecule has 1 aromatic heterocycles. The Morgan fingerprint density at radius 3 is 2.18 bits per heavy atom. The number of ether oxygens (including phenoxy) is 3. The number of benzene rings is 2. The lowest BCUT2D eigenvalue weighted by atomic mass is 10.0. The van der Waals surface area contributed by atoms with E-state index in [2.05, 4.69) is 4.98 Å². The molecule has 2 aromatic carbocycles. The van der Waals surface area contributed by atoms with Crippen molar-refractivity contribution in [3.63, 3.8) is 0 Å². The van der Waals surface area contributed by atoms with Crippen molar-refractivity contribution in [1.29, 1.82) is 0 Å². The van der Waals surface area contributed by atoms with E-state index in [-0.39, 0.29) is 28.8 Å². The van der Waals surface area contributed by atoms with Crippen molar-refractivity contribution in [1.82, 2.24) is 9.88 Å². The summed E-state index contributed by atoms with van der Waals surface area (Å²) >= 11 is 6.55. The fraction of sp³-hybridized carbons (Fsp3) is 0.310.